The molecule has 7 heteroatoms. The zero-order valence-corrected chi connectivity index (χ0v) is 10.4. The van der Waals surface area contributed by atoms with E-state index in [0.717, 1.165) is 12.1 Å². The number of urea groups is 1. The number of carbonyl (C=O) groups excluding carboxylic acids is 1. The number of anilines is 1. The Morgan fingerprint density at radius 3 is 2.79 bits per heavy atom. The quantitative estimate of drug-likeness (QED) is 0.686. The summed E-state index contributed by atoms with van der Waals surface area (Å²) in [4.78, 5) is 22.4. The lowest BCUT2D eigenvalue weighted by atomic mass is 10.2. The molecule has 0 aromatic heterocycles. The van der Waals surface area contributed by atoms with Gasteiger partial charge in [0.25, 0.3) is 0 Å². The molecule has 0 fully saturated rings. The van der Waals surface area contributed by atoms with Crippen LogP contribution in [0, 0.1) is 5.82 Å². The highest BCUT2D eigenvalue weighted by molar-refractivity contribution is 5.99. The minimum Gasteiger partial charge on any atom is -0.478 e. The monoisotopic (exact) mass is 270 g/mol. The lowest BCUT2D eigenvalue weighted by Crippen LogP contribution is -2.32. The molecule has 0 saturated heterocycles. The van der Waals surface area contributed by atoms with Gasteiger partial charge in [-0.3, -0.25) is 0 Å². The number of aromatic carboxylic acids is 1. The summed E-state index contributed by atoms with van der Waals surface area (Å²) in [7, 11) is 0. The molecule has 104 valence electrons. The smallest absolute Gasteiger partial charge is 0.337 e. The number of carboxylic acids is 1. The van der Waals surface area contributed by atoms with Crippen molar-refractivity contribution in [3.63, 3.8) is 0 Å². The number of carbonyl (C=O) groups is 2. The number of carboxylic acid groups (broad SMARTS) is 1. The molecular weight excluding hydrogens is 255 g/mol. The normalized spacial score (nSPS) is 10.0. The predicted octanol–water partition coefficient (Wildman–Crippen LogP) is 1.68. The maximum atomic E-state index is 12.9. The van der Waals surface area contributed by atoms with Crippen molar-refractivity contribution in [2.75, 3.05) is 25.1 Å². The van der Waals surface area contributed by atoms with Gasteiger partial charge in [0.05, 0.1) is 17.9 Å². The van der Waals surface area contributed by atoms with Crippen LogP contribution in [0.15, 0.2) is 18.2 Å². The van der Waals surface area contributed by atoms with E-state index in [1.54, 1.807) is 0 Å². The molecule has 0 aliphatic carbocycles. The third-order valence-corrected chi connectivity index (χ3v) is 2.20. The Kier molecular flexibility index (Phi) is 5.74. The fourth-order valence-corrected chi connectivity index (χ4v) is 1.35. The van der Waals surface area contributed by atoms with Crippen LogP contribution in [0.5, 0.6) is 0 Å². The highest BCUT2D eigenvalue weighted by Crippen LogP contribution is 2.16. The van der Waals surface area contributed by atoms with Gasteiger partial charge < -0.3 is 20.5 Å². The summed E-state index contributed by atoms with van der Waals surface area (Å²) in [5.74, 6) is -2.00. The molecule has 2 amide bonds. The Hall–Kier alpha value is -2.15. The lowest BCUT2D eigenvalue weighted by Gasteiger charge is -2.10. The second-order valence-corrected chi connectivity index (χ2v) is 3.57. The summed E-state index contributed by atoms with van der Waals surface area (Å²) in [6.45, 7) is 3.03. The van der Waals surface area contributed by atoms with Gasteiger partial charge in [0, 0.05) is 13.2 Å². The van der Waals surface area contributed by atoms with Crippen molar-refractivity contribution >= 4 is 17.7 Å². The molecule has 1 aromatic rings. The highest BCUT2D eigenvalue weighted by atomic mass is 19.1. The molecule has 0 atom stereocenters. The fraction of sp³-hybridized carbons (Fsp3) is 0.333. The molecule has 6 nitrogen and oxygen atoms in total. The molecule has 0 spiro atoms. The number of amides is 2. The van der Waals surface area contributed by atoms with Crippen molar-refractivity contribution < 1.29 is 23.8 Å². The molecule has 0 aliphatic heterocycles. The van der Waals surface area contributed by atoms with Gasteiger partial charge in [-0.2, -0.15) is 0 Å². The Labute approximate surface area is 109 Å². The molecular formula is C12H15FN2O4. The molecule has 0 bridgehead atoms. The van der Waals surface area contributed by atoms with Gasteiger partial charge in [-0.15, -0.1) is 0 Å². The van der Waals surface area contributed by atoms with Gasteiger partial charge in [-0.1, -0.05) is 0 Å². The molecule has 0 radical (unpaired) electrons. The first-order valence-electron chi connectivity index (χ1n) is 5.70. The van der Waals surface area contributed by atoms with Gasteiger partial charge in [0.15, 0.2) is 0 Å². The lowest BCUT2D eigenvalue weighted by molar-refractivity contribution is 0.0697. The van der Waals surface area contributed by atoms with Crippen molar-refractivity contribution in [3.05, 3.63) is 29.6 Å². The minimum absolute atomic E-state index is 0.0304. The molecule has 19 heavy (non-hydrogen) atoms. The van der Waals surface area contributed by atoms with Crippen LogP contribution in [0.4, 0.5) is 14.9 Å². The maximum Gasteiger partial charge on any atom is 0.337 e. The van der Waals surface area contributed by atoms with Crippen LogP contribution in [0.1, 0.15) is 17.3 Å². The van der Waals surface area contributed by atoms with Crippen LogP contribution >= 0.6 is 0 Å². The van der Waals surface area contributed by atoms with Gasteiger partial charge in [-0.25, -0.2) is 14.0 Å². The van der Waals surface area contributed by atoms with Gasteiger partial charge in [0.2, 0.25) is 0 Å². The number of ether oxygens (including phenoxy) is 1. The van der Waals surface area contributed by atoms with Crippen LogP contribution in [-0.4, -0.2) is 36.9 Å². The van der Waals surface area contributed by atoms with Gasteiger partial charge in [-0.05, 0) is 25.1 Å². The largest absolute Gasteiger partial charge is 0.478 e. The first-order valence-corrected chi connectivity index (χ1v) is 5.70. The molecule has 1 rings (SSSR count). The third kappa shape index (κ3) is 4.92. The van der Waals surface area contributed by atoms with E-state index in [2.05, 4.69) is 10.6 Å². The van der Waals surface area contributed by atoms with E-state index >= 15 is 0 Å². The molecule has 0 heterocycles. The second kappa shape index (κ2) is 7.32. The average Bonchev–Trinajstić information content (AvgIpc) is 2.36. The highest BCUT2D eigenvalue weighted by Gasteiger charge is 2.13. The summed E-state index contributed by atoms with van der Waals surface area (Å²) in [6, 6.07) is 2.54. The van der Waals surface area contributed by atoms with Crippen LogP contribution in [0.2, 0.25) is 0 Å². The van der Waals surface area contributed by atoms with Crippen LogP contribution in [0.25, 0.3) is 0 Å². The van der Waals surface area contributed by atoms with Gasteiger partial charge in [0.1, 0.15) is 5.82 Å². The Morgan fingerprint density at radius 2 is 2.16 bits per heavy atom. The number of benzene rings is 1. The van der Waals surface area contributed by atoms with Crippen LogP contribution < -0.4 is 10.6 Å². The van der Waals surface area contributed by atoms with E-state index < -0.39 is 17.8 Å². The third-order valence-electron chi connectivity index (χ3n) is 2.20. The van der Waals surface area contributed by atoms with E-state index in [1.165, 1.54) is 6.07 Å². The predicted molar refractivity (Wildman–Crippen MR) is 66.9 cm³/mol. The fourth-order valence-electron chi connectivity index (χ4n) is 1.35. The van der Waals surface area contributed by atoms with E-state index in [4.69, 9.17) is 9.84 Å². The van der Waals surface area contributed by atoms with Crippen LogP contribution in [-0.2, 0) is 4.74 Å². The topological polar surface area (TPSA) is 87.7 Å². The zero-order valence-electron chi connectivity index (χ0n) is 10.4. The summed E-state index contributed by atoms with van der Waals surface area (Å²) in [5, 5.41) is 13.7. The second-order valence-electron chi connectivity index (χ2n) is 3.57. The standard InChI is InChI=1S/C12H15FN2O4/c1-2-19-6-5-14-12(18)15-10-4-3-8(13)7-9(10)11(16)17/h3-4,7H,2,5-6H2,1H3,(H,16,17)(H2,14,15,18). The molecule has 0 saturated carbocycles. The Bertz CT molecular complexity index is 465. The summed E-state index contributed by atoms with van der Waals surface area (Å²) < 4.78 is 17.9. The summed E-state index contributed by atoms with van der Waals surface area (Å²) in [5.41, 5.74) is -0.275. The first kappa shape index (κ1) is 14.9. The number of halogens is 1. The minimum atomic E-state index is -1.32. The average molecular weight is 270 g/mol. The Balaban J connectivity index is 2.61. The Morgan fingerprint density at radius 1 is 1.42 bits per heavy atom. The van der Waals surface area contributed by atoms with Crippen molar-refractivity contribution in [1.29, 1.82) is 0 Å². The van der Waals surface area contributed by atoms with Gasteiger partial charge >= 0.3 is 12.0 Å². The summed E-state index contributed by atoms with van der Waals surface area (Å²) in [6.07, 6.45) is 0. The van der Waals surface area contributed by atoms with E-state index in [-0.39, 0.29) is 11.3 Å². The molecule has 1 aromatic carbocycles. The van der Waals surface area contributed by atoms with Crippen LogP contribution in [0.3, 0.4) is 0 Å². The molecule has 0 aliphatic rings. The molecule has 0 unspecified atom stereocenters. The number of hydrogen-bond donors (Lipinski definition) is 3. The van der Waals surface area contributed by atoms with Crippen molar-refractivity contribution in [1.82, 2.24) is 5.32 Å². The number of rotatable bonds is 6. The van der Waals surface area contributed by atoms with E-state index in [1.807, 2.05) is 6.92 Å². The van der Waals surface area contributed by atoms with Crippen molar-refractivity contribution in [3.8, 4) is 0 Å². The van der Waals surface area contributed by atoms with E-state index in [0.29, 0.717) is 19.8 Å². The summed E-state index contributed by atoms with van der Waals surface area (Å²) >= 11 is 0. The number of hydrogen-bond acceptors (Lipinski definition) is 3. The van der Waals surface area contributed by atoms with E-state index in [9.17, 15) is 14.0 Å². The number of nitrogens with one attached hydrogen (secondary N) is 2. The SMILES string of the molecule is CCOCCNC(=O)Nc1ccc(F)cc1C(=O)O. The van der Waals surface area contributed by atoms with Crippen molar-refractivity contribution in [2.24, 2.45) is 0 Å². The molecule has 3 N–H and O–H groups in total. The maximum absolute atomic E-state index is 12.9. The zero-order chi connectivity index (χ0) is 14.3. The first-order chi connectivity index (χ1) is 9.04. The van der Waals surface area contributed by atoms with Crippen molar-refractivity contribution in [2.45, 2.75) is 6.92 Å².